The SMILES string of the molecule is COc1ccc2nccc(C(O)CN3CCOC(CNC(Cc4ccccc4)C4=COCO4)C3)c2c1. The Bertz CT molecular complexity index is 1170. The van der Waals surface area contributed by atoms with Gasteiger partial charge in [-0.3, -0.25) is 9.88 Å². The van der Waals surface area contributed by atoms with Crippen LogP contribution in [0, 0.1) is 0 Å². The predicted molar refractivity (Wildman–Crippen MR) is 136 cm³/mol. The van der Waals surface area contributed by atoms with Gasteiger partial charge >= 0.3 is 0 Å². The molecule has 3 unspecified atom stereocenters. The van der Waals surface area contributed by atoms with Crippen LogP contribution >= 0.6 is 0 Å². The summed E-state index contributed by atoms with van der Waals surface area (Å²) in [6.07, 6.45) is 3.59. The van der Waals surface area contributed by atoms with Crippen molar-refractivity contribution in [2.24, 2.45) is 0 Å². The molecular weight excluding hydrogens is 458 g/mol. The predicted octanol–water partition coefficient (Wildman–Crippen LogP) is 3.02. The molecule has 1 fully saturated rings. The maximum Gasteiger partial charge on any atom is 0.229 e. The Morgan fingerprint density at radius 3 is 2.89 bits per heavy atom. The lowest BCUT2D eigenvalue weighted by molar-refractivity contribution is -0.0405. The van der Waals surface area contributed by atoms with E-state index in [1.54, 1.807) is 19.6 Å². The summed E-state index contributed by atoms with van der Waals surface area (Å²) in [6.45, 7) is 3.56. The van der Waals surface area contributed by atoms with Crippen LogP contribution in [0.1, 0.15) is 17.2 Å². The summed E-state index contributed by atoms with van der Waals surface area (Å²) >= 11 is 0. The van der Waals surface area contributed by atoms with Gasteiger partial charge in [-0.1, -0.05) is 30.3 Å². The van der Waals surface area contributed by atoms with E-state index in [-0.39, 0.29) is 18.9 Å². The maximum atomic E-state index is 11.1. The monoisotopic (exact) mass is 491 g/mol. The van der Waals surface area contributed by atoms with Crippen LogP contribution in [0.4, 0.5) is 0 Å². The van der Waals surface area contributed by atoms with Gasteiger partial charge in [0.15, 0.2) is 5.76 Å². The highest BCUT2D eigenvalue weighted by atomic mass is 16.7. The minimum absolute atomic E-state index is 0.00132. The summed E-state index contributed by atoms with van der Waals surface area (Å²) in [4.78, 5) is 6.69. The molecule has 0 bridgehead atoms. The molecule has 2 aliphatic rings. The number of aromatic nitrogens is 1. The molecule has 0 saturated carbocycles. The molecule has 8 heteroatoms. The maximum absolute atomic E-state index is 11.1. The summed E-state index contributed by atoms with van der Waals surface area (Å²) in [5.41, 5.74) is 2.92. The number of hydrogen-bond acceptors (Lipinski definition) is 8. The van der Waals surface area contributed by atoms with E-state index in [2.05, 4.69) is 27.3 Å². The second-order valence-corrected chi connectivity index (χ2v) is 9.15. The number of aliphatic hydroxyl groups is 1. The van der Waals surface area contributed by atoms with Crippen LogP contribution in [0.15, 0.2) is 72.8 Å². The number of pyridine rings is 1. The van der Waals surface area contributed by atoms with E-state index in [9.17, 15) is 5.11 Å². The standard InChI is InChI=1S/C28H33N3O5/c1-33-21-7-8-25-24(14-21)23(9-10-29-25)27(32)17-31-11-12-35-22(16-31)15-30-26(28-18-34-19-36-28)13-20-5-3-2-4-6-20/h2-10,14,18,22,26-27,30,32H,11-13,15-17,19H2,1H3. The van der Waals surface area contributed by atoms with Crippen LogP contribution in [-0.2, 0) is 20.6 Å². The molecule has 0 spiro atoms. The first-order chi connectivity index (χ1) is 17.7. The smallest absolute Gasteiger partial charge is 0.229 e. The lowest BCUT2D eigenvalue weighted by atomic mass is 10.0. The van der Waals surface area contributed by atoms with Crippen molar-refractivity contribution in [1.82, 2.24) is 15.2 Å². The van der Waals surface area contributed by atoms with Crippen molar-refractivity contribution >= 4 is 10.9 Å². The number of morpholine rings is 1. The molecule has 36 heavy (non-hydrogen) atoms. The molecule has 190 valence electrons. The number of hydrogen-bond donors (Lipinski definition) is 2. The Morgan fingerprint density at radius 2 is 2.08 bits per heavy atom. The average Bonchev–Trinajstić information content (AvgIpc) is 3.46. The Kier molecular flexibility index (Phi) is 7.98. The number of nitrogens with zero attached hydrogens (tertiary/aromatic N) is 2. The topological polar surface area (TPSA) is 85.3 Å². The van der Waals surface area contributed by atoms with Crippen molar-refractivity contribution in [3.05, 3.63) is 83.9 Å². The Morgan fingerprint density at radius 1 is 1.19 bits per heavy atom. The Balaban J connectivity index is 1.20. The third-order valence-corrected chi connectivity index (χ3v) is 6.71. The van der Waals surface area contributed by atoms with E-state index in [1.165, 1.54) is 5.56 Å². The number of benzene rings is 2. The fourth-order valence-electron chi connectivity index (χ4n) is 4.81. The first kappa shape index (κ1) is 24.5. The fraction of sp³-hybridized carbons (Fsp3) is 0.393. The van der Waals surface area contributed by atoms with Crippen molar-refractivity contribution in [2.75, 3.05) is 46.7 Å². The largest absolute Gasteiger partial charge is 0.497 e. The highest BCUT2D eigenvalue weighted by Crippen LogP contribution is 2.27. The number of β-amino-alcohol motifs (C(OH)–C–C–N with tert-alkyl or cyclic N) is 1. The quantitative estimate of drug-likeness (QED) is 0.448. The number of ether oxygens (including phenoxy) is 4. The fourth-order valence-corrected chi connectivity index (χ4v) is 4.81. The van der Waals surface area contributed by atoms with Gasteiger partial charge in [0.1, 0.15) is 12.0 Å². The van der Waals surface area contributed by atoms with Crippen LogP contribution in [0.3, 0.4) is 0 Å². The minimum Gasteiger partial charge on any atom is -0.497 e. The van der Waals surface area contributed by atoms with Crippen LogP contribution < -0.4 is 10.1 Å². The normalized spacial score (nSPS) is 19.8. The minimum atomic E-state index is -0.644. The summed E-state index contributed by atoms with van der Waals surface area (Å²) in [6, 6.07) is 18.0. The van der Waals surface area contributed by atoms with E-state index in [1.807, 2.05) is 42.5 Å². The molecule has 1 saturated heterocycles. The lowest BCUT2D eigenvalue weighted by Crippen LogP contribution is -2.49. The number of aliphatic hydroxyl groups excluding tert-OH is 1. The van der Waals surface area contributed by atoms with E-state index < -0.39 is 6.10 Å². The number of methoxy groups -OCH3 is 1. The summed E-state index contributed by atoms with van der Waals surface area (Å²) in [7, 11) is 1.64. The third kappa shape index (κ3) is 5.96. The molecule has 1 aromatic heterocycles. The second kappa shape index (κ2) is 11.7. The van der Waals surface area contributed by atoms with Gasteiger partial charge in [0, 0.05) is 37.8 Å². The zero-order chi connectivity index (χ0) is 24.7. The molecule has 0 radical (unpaired) electrons. The van der Waals surface area contributed by atoms with Gasteiger partial charge in [0.25, 0.3) is 0 Å². The van der Waals surface area contributed by atoms with E-state index in [4.69, 9.17) is 18.9 Å². The first-order valence-electron chi connectivity index (χ1n) is 12.4. The van der Waals surface area contributed by atoms with Crippen molar-refractivity contribution in [2.45, 2.75) is 24.7 Å². The molecule has 0 amide bonds. The molecule has 2 aromatic carbocycles. The summed E-state index contributed by atoms with van der Waals surface area (Å²) in [5, 5.41) is 15.7. The second-order valence-electron chi connectivity index (χ2n) is 9.15. The molecule has 8 nitrogen and oxygen atoms in total. The highest BCUT2D eigenvalue weighted by molar-refractivity contribution is 5.83. The van der Waals surface area contributed by atoms with Crippen molar-refractivity contribution in [3.63, 3.8) is 0 Å². The summed E-state index contributed by atoms with van der Waals surface area (Å²) in [5.74, 6) is 1.56. The van der Waals surface area contributed by atoms with E-state index in [0.29, 0.717) is 19.7 Å². The molecule has 3 aromatic rings. The lowest BCUT2D eigenvalue weighted by Gasteiger charge is -2.35. The molecule has 2 N–H and O–H groups in total. The van der Waals surface area contributed by atoms with Crippen molar-refractivity contribution < 1.29 is 24.1 Å². The van der Waals surface area contributed by atoms with Crippen LogP contribution in [0.5, 0.6) is 5.75 Å². The highest BCUT2D eigenvalue weighted by Gasteiger charge is 2.26. The number of fused-ring (bicyclic) bond motifs is 1. The van der Waals surface area contributed by atoms with Gasteiger partial charge in [-0.05, 0) is 41.8 Å². The van der Waals surface area contributed by atoms with Crippen LogP contribution in [0.2, 0.25) is 0 Å². The average molecular weight is 492 g/mol. The molecule has 5 rings (SSSR count). The molecular formula is C28H33N3O5. The first-order valence-corrected chi connectivity index (χ1v) is 12.4. The zero-order valence-corrected chi connectivity index (χ0v) is 20.5. The van der Waals surface area contributed by atoms with Crippen molar-refractivity contribution in [1.29, 1.82) is 0 Å². The van der Waals surface area contributed by atoms with Crippen molar-refractivity contribution in [3.8, 4) is 5.75 Å². The molecule has 3 heterocycles. The van der Waals surface area contributed by atoms with Gasteiger partial charge in [-0.15, -0.1) is 0 Å². The van der Waals surface area contributed by atoms with Crippen LogP contribution in [0.25, 0.3) is 10.9 Å². The van der Waals surface area contributed by atoms with Gasteiger partial charge in [-0.25, -0.2) is 0 Å². The van der Waals surface area contributed by atoms with Crippen LogP contribution in [-0.4, -0.2) is 73.8 Å². The molecule has 2 aliphatic heterocycles. The van der Waals surface area contributed by atoms with Gasteiger partial charge in [0.2, 0.25) is 6.79 Å². The van der Waals surface area contributed by atoms with Gasteiger partial charge in [-0.2, -0.15) is 0 Å². The summed E-state index contributed by atoms with van der Waals surface area (Å²) < 4.78 is 22.4. The third-order valence-electron chi connectivity index (χ3n) is 6.71. The van der Waals surface area contributed by atoms with Gasteiger partial charge in [0.05, 0.1) is 37.5 Å². The Labute approximate surface area is 211 Å². The zero-order valence-electron chi connectivity index (χ0n) is 20.5. The molecule has 0 aliphatic carbocycles. The van der Waals surface area contributed by atoms with E-state index in [0.717, 1.165) is 47.5 Å². The molecule has 3 atom stereocenters. The van der Waals surface area contributed by atoms with E-state index >= 15 is 0 Å². The number of nitrogens with one attached hydrogen (secondary N) is 1. The number of rotatable bonds is 10. The Hall–Kier alpha value is -3.17. The van der Waals surface area contributed by atoms with Gasteiger partial charge < -0.3 is 29.4 Å².